The van der Waals surface area contributed by atoms with Gasteiger partial charge in [0.25, 0.3) is 0 Å². The Labute approximate surface area is 255 Å². The summed E-state index contributed by atoms with van der Waals surface area (Å²) < 4.78 is 32.6. The van der Waals surface area contributed by atoms with Crippen LogP contribution >= 0.6 is 15.9 Å². The summed E-state index contributed by atoms with van der Waals surface area (Å²) in [5.41, 5.74) is 4.82. The first kappa shape index (κ1) is 31.2. The number of aromatic nitrogens is 4. The van der Waals surface area contributed by atoms with Gasteiger partial charge in [-0.2, -0.15) is 4.98 Å². The Morgan fingerprint density at radius 2 is 1.71 bits per heavy atom. The molecular weight excluding hydrogens is 622 g/mol. The summed E-state index contributed by atoms with van der Waals surface area (Å²) in [6, 6.07) is 7.60. The van der Waals surface area contributed by atoms with Crippen molar-refractivity contribution in [1.29, 1.82) is 0 Å². The summed E-state index contributed by atoms with van der Waals surface area (Å²) in [7, 11) is 5.70. The van der Waals surface area contributed by atoms with E-state index in [1.807, 2.05) is 6.07 Å². The van der Waals surface area contributed by atoms with E-state index in [9.17, 15) is 8.42 Å². The molecule has 4 aromatic rings. The van der Waals surface area contributed by atoms with Crippen LogP contribution in [0.1, 0.15) is 12.5 Å². The number of anilines is 6. The summed E-state index contributed by atoms with van der Waals surface area (Å²) in [6.45, 7) is 3.92. The lowest BCUT2D eigenvalue weighted by Gasteiger charge is -2.25. The SMILES string of the molecule is CCc1cc(Nc2ncc(Br)c(Nc3ccc4nccnc4c3N(C)S(C)(=O)=O)n2)c(OC)cc1N(C)CCN(C)C. The van der Waals surface area contributed by atoms with Crippen molar-refractivity contribution in [3.05, 3.63) is 52.9 Å². The predicted octanol–water partition coefficient (Wildman–Crippen LogP) is 4.63. The van der Waals surface area contributed by atoms with Crippen LogP contribution in [0.25, 0.3) is 11.0 Å². The molecule has 224 valence electrons. The van der Waals surface area contributed by atoms with Gasteiger partial charge < -0.3 is 25.2 Å². The van der Waals surface area contributed by atoms with Crippen molar-refractivity contribution in [3.8, 4) is 5.75 Å². The van der Waals surface area contributed by atoms with Gasteiger partial charge in [0.15, 0.2) is 0 Å². The minimum absolute atomic E-state index is 0.327. The monoisotopic (exact) mass is 657 g/mol. The average Bonchev–Trinajstić information content (AvgIpc) is 2.96. The molecule has 0 saturated carbocycles. The standard InChI is InChI=1S/C28H36BrN9O3S/c1-8-18-15-22(24(41-6)16-23(18)37(4)14-13-36(2)3)34-28-32-17-19(29)27(35-28)33-21-10-9-20-25(31-12-11-30-20)26(21)38(5)42(7,39)40/h9-12,15-17H,8,13-14H2,1-7H3,(H2,32,33,34,35). The predicted molar refractivity (Wildman–Crippen MR) is 173 cm³/mol. The Morgan fingerprint density at radius 1 is 0.976 bits per heavy atom. The molecule has 2 heterocycles. The molecule has 2 N–H and O–H groups in total. The van der Waals surface area contributed by atoms with E-state index < -0.39 is 10.0 Å². The zero-order chi connectivity index (χ0) is 30.6. The van der Waals surface area contributed by atoms with Gasteiger partial charge in [-0.05, 0) is 60.2 Å². The number of benzene rings is 2. The van der Waals surface area contributed by atoms with Gasteiger partial charge in [0.1, 0.15) is 22.8 Å². The molecule has 0 amide bonds. The number of hydrogen-bond acceptors (Lipinski definition) is 11. The van der Waals surface area contributed by atoms with E-state index in [1.165, 1.54) is 17.5 Å². The minimum atomic E-state index is -3.60. The Balaban J connectivity index is 1.70. The van der Waals surface area contributed by atoms with Crippen molar-refractivity contribution in [2.45, 2.75) is 13.3 Å². The second-order valence-corrected chi connectivity index (χ2v) is 12.9. The lowest BCUT2D eigenvalue weighted by molar-refractivity contribution is 0.413. The quantitative estimate of drug-likeness (QED) is 0.221. The third kappa shape index (κ3) is 6.99. The Hall–Kier alpha value is -3.75. The number of sulfonamides is 1. The summed E-state index contributed by atoms with van der Waals surface area (Å²) in [5.74, 6) is 1.41. The van der Waals surface area contributed by atoms with Crippen LogP contribution in [0.5, 0.6) is 5.75 Å². The van der Waals surface area contributed by atoms with Gasteiger partial charge in [0.2, 0.25) is 16.0 Å². The molecule has 12 nitrogen and oxygen atoms in total. The minimum Gasteiger partial charge on any atom is -0.494 e. The average molecular weight is 659 g/mol. The fourth-order valence-electron chi connectivity index (χ4n) is 4.36. The number of ether oxygens (including phenoxy) is 1. The maximum atomic E-state index is 12.5. The topological polar surface area (TPSA) is 129 Å². The highest BCUT2D eigenvalue weighted by Gasteiger charge is 2.22. The number of rotatable bonds is 12. The molecule has 0 aliphatic heterocycles. The first-order chi connectivity index (χ1) is 19.9. The van der Waals surface area contributed by atoms with E-state index in [2.05, 4.69) is 90.4 Å². The van der Waals surface area contributed by atoms with Crippen LogP contribution in [0, 0.1) is 0 Å². The van der Waals surface area contributed by atoms with Crippen LogP contribution in [-0.2, 0) is 16.4 Å². The highest BCUT2D eigenvalue weighted by molar-refractivity contribution is 9.10. The van der Waals surface area contributed by atoms with Crippen LogP contribution in [0.15, 0.2) is 47.3 Å². The lowest BCUT2D eigenvalue weighted by Crippen LogP contribution is -2.29. The molecule has 0 saturated heterocycles. The van der Waals surface area contributed by atoms with Gasteiger partial charge in [-0.1, -0.05) is 6.92 Å². The molecule has 2 aromatic heterocycles. The number of nitrogens with zero attached hydrogens (tertiary/aromatic N) is 7. The number of fused-ring (bicyclic) bond motifs is 1. The number of likely N-dealkylation sites (N-methyl/N-ethyl adjacent to an activating group) is 2. The number of nitrogens with one attached hydrogen (secondary N) is 2. The van der Waals surface area contributed by atoms with Crippen LogP contribution in [0.2, 0.25) is 0 Å². The molecule has 42 heavy (non-hydrogen) atoms. The normalized spacial score (nSPS) is 11.5. The molecule has 0 spiro atoms. The maximum absolute atomic E-state index is 12.5. The third-order valence-electron chi connectivity index (χ3n) is 6.75. The highest BCUT2D eigenvalue weighted by Crippen LogP contribution is 2.38. The first-order valence-electron chi connectivity index (χ1n) is 13.2. The third-order valence-corrected chi connectivity index (χ3v) is 8.50. The summed E-state index contributed by atoms with van der Waals surface area (Å²) in [6.07, 6.45) is 6.67. The van der Waals surface area contributed by atoms with Crippen LogP contribution in [0.4, 0.5) is 34.5 Å². The van der Waals surface area contributed by atoms with Crippen molar-refractivity contribution < 1.29 is 13.2 Å². The van der Waals surface area contributed by atoms with E-state index in [0.717, 1.165) is 42.7 Å². The lowest BCUT2D eigenvalue weighted by atomic mass is 10.1. The zero-order valence-corrected chi connectivity index (χ0v) is 27.2. The smallest absolute Gasteiger partial charge is 0.232 e. The van der Waals surface area contributed by atoms with Gasteiger partial charge in [0.05, 0.1) is 34.7 Å². The van der Waals surface area contributed by atoms with E-state index in [0.29, 0.717) is 44.4 Å². The first-order valence-corrected chi connectivity index (χ1v) is 15.9. The number of methoxy groups -OCH3 is 1. The van der Waals surface area contributed by atoms with E-state index >= 15 is 0 Å². The van der Waals surface area contributed by atoms with Gasteiger partial charge in [0, 0.05) is 57.5 Å². The molecule has 0 fully saturated rings. The fraction of sp³-hybridized carbons (Fsp3) is 0.357. The second-order valence-electron chi connectivity index (χ2n) is 10.0. The number of aryl methyl sites for hydroxylation is 1. The maximum Gasteiger partial charge on any atom is 0.232 e. The second kappa shape index (κ2) is 13.0. The molecule has 4 rings (SSSR count). The van der Waals surface area contributed by atoms with Crippen molar-refractivity contribution in [3.63, 3.8) is 0 Å². The van der Waals surface area contributed by atoms with Gasteiger partial charge in [-0.25, -0.2) is 13.4 Å². The fourth-order valence-corrected chi connectivity index (χ4v) is 5.17. The molecule has 0 atom stereocenters. The molecule has 0 radical (unpaired) electrons. The molecule has 2 aromatic carbocycles. The largest absolute Gasteiger partial charge is 0.494 e. The molecule has 0 unspecified atom stereocenters. The van der Waals surface area contributed by atoms with Crippen LogP contribution in [-0.4, -0.2) is 87.9 Å². The Morgan fingerprint density at radius 3 is 2.38 bits per heavy atom. The van der Waals surface area contributed by atoms with Crippen LogP contribution in [0.3, 0.4) is 0 Å². The van der Waals surface area contributed by atoms with E-state index in [-0.39, 0.29) is 0 Å². The zero-order valence-electron chi connectivity index (χ0n) is 24.8. The number of hydrogen-bond donors (Lipinski definition) is 2. The molecular formula is C28H36BrN9O3S. The Bertz CT molecular complexity index is 1690. The Kier molecular flexibility index (Phi) is 9.69. The number of halogens is 1. The van der Waals surface area contributed by atoms with E-state index in [4.69, 9.17) is 4.74 Å². The van der Waals surface area contributed by atoms with Gasteiger partial charge in [-0.3, -0.25) is 14.3 Å². The van der Waals surface area contributed by atoms with Crippen molar-refractivity contribution >= 4 is 71.5 Å². The van der Waals surface area contributed by atoms with Gasteiger partial charge in [-0.15, -0.1) is 0 Å². The molecule has 0 bridgehead atoms. The van der Waals surface area contributed by atoms with E-state index in [1.54, 1.807) is 31.6 Å². The van der Waals surface area contributed by atoms with Crippen molar-refractivity contribution in [2.75, 3.05) is 74.5 Å². The summed E-state index contributed by atoms with van der Waals surface area (Å²) in [4.78, 5) is 22.2. The van der Waals surface area contributed by atoms with Crippen molar-refractivity contribution in [2.24, 2.45) is 0 Å². The molecule has 0 aliphatic rings. The summed E-state index contributed by atoms with van der Waals surface area (Å²) in [5, 5.41) is 6.55. The highest BCUT2D eigenvalue weighted by atomic mass is 79.9. The van der Waals surface area contributed by atoms with Crippen molar-refractivity contribution in [1.82, 2.24) is 24.8 Å². The van der Waals surface area contributed by atoms with Crippen LogP contribution < -0.4 is 24.6 Å². The van der Waals surface area contributed by atoms with Gasteiger partial charge >= 0.3 is 0 Å². The molecule has 14 heteroatoms. The summed E-state index contributed by atoms with van der Waals surface area (Å²) >= 11 is 3.52. The molecule has 0 aliphatic carbocycles.